The van der Waals surface area contributed by atoms with Gasteiger partial charge in [0.05, 0.1) is 5.56 Å². The van der Waals surface area contributed by atoms with Crippen molar-refractivity contribution in [3.8, 4) is 0 Å². The minimum atomic E-state index is -0.482. The van der Waals surface area contributed by atoms with Crippen LogP contribution in [0.3, 0.4) is 0 Å². The summed E-state index contributed by atoms with van der Waals surface area (Å²) in [4.78, 5) is 23.7. The predicted octanol–water partition coefficient (Wildman–Crippen LogP) is 3.33. The van der Waals surface area contributed by atoms with Gasteiger partial charge in [-0.15, -0.1) is 0 Å². The van der Waals surface area contributed by atoms with Crippen molar-refractivity contribution < 1.29 is 14.3 Å². The first-order valence-corrected chi connectivity index (χ1v) is 8.18. The number of amides is 1. The van der Waals surface area contributed by atoms with Gasteiger partial charge in [-0.3, -0.25) is 4.79 Å². The van der Waals surface area contributed by atoms with Crippen LogP contribution in [0.4, 0.5) is 0 Å². The Hall–Kier alpha value is -2.62. The lowest BCUT2D eigenvalue weighted by Crippen LogP contribution is -2.31. The second-order valence-corrected chi connectivity index (χ2v) is 5.74. The lowest BCUT2D eigenvalue weighted by atomic mass is 10.0. The van der Waals surface area contributed by atoms with Crippen LogP contribution in [0, 0.1) is 0 Å². The zero-order valence-electron chi connectivity index (χ0n) is 14.1. The Kier molecular flexibility index (Phi) is 6.55. The molecule has 0 aliphatic heterocycles. The van der Waals surface area contributed by atoms with Gasteiger partial charge in [0.1, 0.15) is 0 Å². The zero-order valence-corrected chi connectivity index (χ0v) is 14.1. The highest BCUT2D eigenvalue weighted by Crippen LogP contribution is 2.13. The molecular weight excluding hydrogens is 302 g/mol. The SMILES string of the molecule is CCc1ccc(C(=O)OCC(=O)NC[C@@H](C)c2ccccc2)cc1. The molecule has 0 aromatic heterocycles. The van der Waals surface area contributed by atoms with Gasteiger partial charge in [-0.25, -0.2) is 4.79 Å². The van der Waals surface area contributed by atoms with E-state index >= 15 is 0 Å². The van der Waals surface area contributed by atoms with Crippen molar-refractivity contribution in [1.82, 2.24) is 5.32 Å². The lowest BCUT2D eigenvalue weighted by Gasteiger charge is -2.13. The largest absolute Gasteiger partial charge is 0.452 e. The summed E-state index contributed by atoms with van der Waals surface area (Å²) in [6, 6.07) is 17.2. The first kappa shape index (κ1) is 17.7. The van der Waals surface area contributed by atoms with Crippen LogP contribution < -0.4 is 5.32 Å². The van der Waals surface area contributed by atoms with E-state index in [1.165, 1.54) is 0 Å². The third-order valence-corrected chi connectivity index (χ3v) is 3.91. The molecule has 24 heavy (non-hydrogen) atoms. The summed E-state index contributed by atoms with van der Waals surface area (Å²) in [5.74, 6) is -0.576. The molecule has 1 amide bonds. The molecule has 0 aliphatic carbocycles. The maximum atomic E-state index is 11.9. The van der Waals surface area contributed by atoms with Gasteiger partial charge in [-0.2, -0.15) is 0 Å². The number of carbonyl (C=O) groups is 2. The zero-order chi connectivity index (χ0) is 17.4. The van der Waals surface area contributed by atoms with E-state index in [-0.39, 0.29) is 18.4 Å². The van der Waals surface area contributed by atoms with Gasteiger partial charge in [0, 0.05) is 6.54 Å². The average molecular weight is 325 g/mol. The Morgan fingerprint density at radius 2 is 1.71 bits per heavy atom. The van der Waals surface area contributed by atoms with Gasteiger partial charge < -0.3 is 10.1 Å². The lowest BCUT2D eigenvalue weighted by molar-refractivity contribution is -0.124. The van der Waals surface area contributed by atoms with E-state index < -0.39 is 5.97 Å². The number of ether oxygens (including phenoxy) is 1. The third-order valence-electron chi connectivity index (χ3n) is 3.91. The van der Waals surface area contributed by atoms with E-state index in [1.807, 2.05) is 56.3 Å². The van der Waals surface area contributed by atoms with Crippen molar-refractivity contribution in [3.63, 3.8) is 0 Å². The summed E-state index contributed by atoms with van der Waals surface area (Å²) < 4.78 is 5.05. The molecule has 2 aromatic carbocycles. The molecule has 0 saturated heterocycles. The van der Waals surface area contributed by atoms with E-state index in [1.54, 1.807) is 12.1 Å². The third kappa shape index (κ3) is 5.23. The summed E-state index contributed by atoms with van der Waals surface area (Å²) in [7, 11) is 0. The van der Waals surface area contributed by atoms with Gasteiger partial charge in [0.2, 0.25) is 0 Å². The molecule has 1 atom stereocenters. The summed E-state index contributed by atoms with van der Waals surface area (Å²) in [5.41, 5.74) is 2.77. The summed E-state index contributed by atoms with van der Waals surface area (Å²) in [6.45, 7) is 4.33. The Morgan fingerprint density at radius 3 is 2.33 bits per heavy atom. The molecule has 4 nitrogen and oxygen atoms in total. The fourth-order valence-electron chi connectivity index (χ4n) is 2.31. The predicted molar refractivity (Wildman–Crippen MR) is 94.0 cm³/mol. The fraction of sp³-hybridized carbons (Fsp3) is 0.300. The van der Waals surface area contributed by atoms with Gasteiger partial charge in [-0.1, -0.05) is 56.3 Å². The number of carbonyl (C=O) groups excluding carboxylic acids is 2. The number of nitrogens with one attached hydrogen (secondary N) is 1. The second kappa shape index (κ2) is 8.87. The van der Waals surface area contributed by atoms with Crippen molar-refractivity contribution in [3.05, 3.63) is 71.3 Å². The highest BCUT2D eigenvalue weighted by molar-refractivity contribution is 5.91. The van der Waals surface area contributed by atoms with E-state index in [9.17, 15) is 9.59 Å². The molecule has 0 unspecified atom stereocenters. The molecule has 0 aliphatic rings. The van der Waals surface area contributed by atoms with Crippen LogP contribution in [0.15, 0.2) is 54.6 Å². The maximum absolute atomic E-state index is 11.9. The van der Waals surface area contributed by atoms with E-state index in [0.29, 0.717) is 12.1 Å². The Bertz CT molecular complexity index is 665. The maximum Gasteiger partial charge on any atom is 0.338 e. The van der Waals surface area contributed by atoms with E-state index in [0.717, 1.165) is 17.5 Å². The smallest absolute Gasteiger partial charge is 0.338 e. The molecule has 0 spiro atoms. The van der Waals surface area contributed by atoms with Crippen LogP contribution in [-0.2, 0) is 16.0 Å². The van der Waals surface area contributed by atoms with Gasteiger partial charge in [0.15, 0.2) is 6.61 Å². The average Bonchev–Trinajstić information content (AvgIpc) is 2.64. The highest BCUT2D eigenvalue weighted by atomic mass is 16.5. The molecule has 2 rings (SSSR count). The number of aryl methyl sites for hydroxylation is 1. The quantitative estimate of drug-likeness (QED) is 0.795. The van der Waals surface area contributed by atoms with Gasteiger partial charge >= 0.3 is 5.97 Å². The van der Waals surface area contributed by atoms with Gasteiger partial charge in [0.25, 0.3) is 5.91 Å². The Labute approximate surface area is 142 Å². The first-order chi connectivity index (χ1) is 11.6. The van der Waals surface area contributed by atoms with Crippen LogP contribution >= 0.6 is 0 Å². The number of esters is 1. The molecule has 0 heterocycles. The normalized spacial score (nSPS) is 11.6. The Morgan fingerprint density at radius 1 is 1.04 bits per heavy atom. The van der Waals surface area contributed by atoms with E-state index in [2.05, 4.69) is 5.32 Å². The summed E-state index contributed by atoms with van der Waals surface area (Å²) in [5, 5.41) is 2.79. The first-order valence-electron chi connectivity index (χ1n) is 8.18. The number of hydrogen-bond acceptors (Lipinski definition) is 3. The highest BCUT2D eigenvalue weighted by Gasteiger charge is 2.11. The molecular formula is C20H23NO3. The molecule has 0 fully saturated rings. The standard InChI is InChI=1S/C20H23NO3/c1-3-16-9-11-18(12-10-16)20(23)24-14-19(22)21-13-15(2)17-7-5-4-6-8-17/h4-12,15H,3,13-14H2,1-2H3,(H,21,22)/t15-/m1/s1. The van der Waals surface area contributed by atoms with Crippen LogP contribution in [0.1, 0.15) is 41.3 Å². The molecule has 4 heteroatoms. The topological polar surface area (TPSA) is 55.4 Å². The Balaban J connectivity index is 1.75. The van der Waals surface area contributed by atoms with Gasteiger partial charge in [-0.05, 0) is 35.6 Å². The summed E-state index contributed by atoms with van der Waals surface area (Å²) in [6.07, 6.45) is 0.914. The number of benzene rings is 2. The minimum absolute atomic E-state index is 0.201. The van der Waals surface area contributed by atoms with Crippen LogP contribution in [0.2, 0.25) is 0 Å². The van der Waals surface area contributed by atoms with Crippen LogP contribution in [0.25, 0.3) is 0 Å². The van der Waals surface area contributed by atoms with Crippen LogP contribution in [0.5, 0.6) is 0 Å². The molecule has 126 valence electrons. The number of rotatable bonds is 7. The molecule has 0 radical (unpaired) electrons. The van der Waals surface area contributed by atoms with Crippen molar-refractivity contribution in [2.45, 2.75) is 26.2 Å². The fourth-order valence-corrected chi connectivity index (χ4v) is 2.31. The minimum Gasteiger partial charge on any atom is -0.452 e. The van der Waals surface area contributed by atoms with Crippen molar-refractivity contribution in [1.29, 1.82) is 0 Å². The molecule has 1 N–H and O–H groups in total. The van der Waals surface area contributed by atoms with Crippen molar-refractivity contribution in [2.24, 2.45) is 0 Å². The van der Waals surface area contributed by atoms with Crippen LogP contribution in [-0.4, -0.2) is 25.0 Å². The molecule has 2 aromatic rings. The second-order valence-electron chi connectivity index (χ2n) is 5.74. The molecule has 0 bridgehead atoms. The van der Waals surface area contributed by atoms with Crippen molar-refractivity contribution >= 4 is 11.9 Å². The monoisotopic (exact) mass is 325 g/mol. The molecule has 0 saturated carbocycles. The van der Waals surface area contributed by atoms with Crippen molar-refractivity contribution in [2.75, 3.05) is 13.2 Å². The summed E-state index contributed by atoms with van der Waals surface area (Å²) >= 11 is 0. The van der Waals surface area contributed by atoms with E-state index in [4.69, 9.17) is 4.74 Å². The number of hydrogen-bond donors (Lipinski definition) is 1.